The molecule has 5 rings (SSSR count). The SMILES string of the molecule is COc1ccccc1-c1cc(C(=O)N2CCN(c3ccc([N+](=O)[O-])cc3)CC2)c2ccccc2n1. The lowest BCUT2D eigenvalue weighted by molar-refractivity contribution is -0.384. The molecular formula is C27H24N4O4. The van der Waals surface area contributed by atoms with Crippen LogP contribution in [-0.2, 0) is 0 Å². The molecule has 176 valence electrons. The van der Waals surface area contributed by atoms with Crippen molar-refractivity contribution < 1.29 is 14.5 Å². The summed E-state index contributed by atoms with van der Waals surface area (Å²) in [6, 6.07) is 23.7. The first kappa shape index (κ1) is 22.3. The van der Waals surface area contributed by atoms with E-state index in [0.717, 1.165) is 22.2 Å². The lowest BCUT2D eigenvalue weighted by Gasteiger charge is -2.36. The number of carbonyl (C=O) groups excluding carboxylic acids is 1. The Labute approximate surface area is 202 Å². The fraction of sp³-hybridized carbons (Fsp3) is 0.185. The van der Waals surface area contributed by atoms with Crippen LogP contribution >= 0.6 is 0 Å². The molecule has 8 nitrogen and oxygen atoms in total. The summed E-state index contributed by atoms with van der Waals surface area (Å²) in [6.45, 7) is 2.39. The highest BCUT2D eigenvalue weighted by Crippen LogP contribution is 2.32. The fourth-order valence-corrected chi connectivity index (χ4v) is 4.47. The number of nitrogens with zero attached hydrogens (tertiary/aromatic N) is 4. The van der Waals surface area contributed by atoms with Crippen LogP contribution in [0.3, 0.4) is 0 Å². The summed E-state index contributed by atoms with van der Waals surface area (Å²) in [7, 11) is 1.62. The Morgan fingerprint density at radius 2 is 1.63 bits per heavy atom. The highest BCUT2D eigenvalue weighted by molar-refractivity contribution is 6.07. The molecule has 1 amide bonds. The number of amides is 1. The van der Waals surface area contributed by atoms with E-state index in [-0.39, 0.29) is 11.6 Å². The lowest BCUT2D eigenvalue weighted by atomic mass is 10.0. The molecule has 0 bridgehead atoms. The maximum atomic E-state index is 13.7. The summed E-state index contributed by atoms with van der Waals surface area (Å²) in [5, 5.41) is 11.7. The van der Waals surface area contributed by atoms with Crippen LogP contribution in [0, 0.1) is 10.1 Å². The van der Waals surface area contributed by atoms with Crippen LogP contribution in [0.15, 0.2) is 78.9 Å². The van der Waals surface area contributed by atoms with Crippen molar-refractivity contribution in [1.82, 2.24) is 9.88 Å². The number of nitro benzene ring substituents is 1. The topological polar surface area (TPSA) is 88.8 Å². The van der Waals surface area contributed by atoms with Gasteiger partial charge in [0.2, 0.25) is 0 Å². The van der Waals surface area contributed by atoms with Gasteiger partial charge in [-0.1, -0.05) is 30.3 Å². The molecule has 35 heavy (non-hydrogen) atoms. The second kappa shape index (κ2) is 9.42. The summed E-state index contributed by atoms with van der Waals surface area (Å²) in [5.74, 6) is 0.661. The van der Waals surface area contributed by atoms with Gasteiger partial charge in [0.25, 0.3) is 11.6 Å². The number of fused-ring (bicyclic) bond motifs is 1. The first-order valence-electron chi connectivity index (χ1n) is 11.4. The number of pyridine rings is 1. The number of methoxy groups -OCH3 is 1. The number of hydrogen-bond acceptors (Lipinski definition) is 6. The van der Waals surface area contributed by atoms with Crippen molar-refractivity contribution in [2.24, 2.45) is 0 Å². The molecule has 0 radical (unpaired) electrons. The predicted octanol–water partition coefficient (Wildman–Crippen LogP) is 4.78. The van der Waals surface area contributed by atoms with Gasteiger partial charge in [0, 0.05) is 54.9 Å². The third-order valence-electron chi connectivity index (χ3n) is 6.32. The second-order valence-corrected chi connectivity index (χ2v) is 8.33. The zero-order valence-corrected chi connectivity index (χ0v) is 19.3. The Morgan fingerprint density at radius 3 is 2.34 bits per heavy atom. The normalized spacial score (nSPS) is 13.6. The van der Waals surface area contributed by atoms with Crippen molar-refractivity contribution in [3.05, 3.63) is 94.5 Å². The van der Waals surface area contributed by atoms with Crippen molar-refractivity contribution in [3.63, 3.8) is 0 Å². The molecule has 1 aliphatic heterocycles. The molecule has 4 aromatic rings. The minimum atomic E-state index is -0.404. The highest BCUT2D eigenvalue weighted by Gasteiger charge is 2.25. The highest BCUT2D eigenvalue weighted by atomic mass is 16.6. The lowest BCUT2D eigenvalue weighted by Crippen LogP contribution is -2.48. The van der Waals surface area contributed by atoms with Crippen LogP contribution in [0.2, 0.25) is 0 Å². The summed E-state index contributed by atoms with van der Waals surface area (Å²) in [4.78, 5) is 33.0. The van der Waals surface area contributed by atoms with E-state index < -0.39 is 4.92 Å². The Bertz CT molecular complexity index is 1400. The average Bonchev–Trinajstić information content (AvgIpc) is 2.92. The third-order valence-corrected chi connectivity index (χ3v) is 6.32. The molecule has 0 aliphatic carbocycles. The van der Waals surface area contributed by atoms with Crippen molar-refractivity contribution in [1.29, 1.82) is 0 Å². The van der Waals surface area contributed by atoms with Crippen LogP contribution in [0.1, 0.15) is 10.4 Å². The van der Waals surface area contributed by atoms with Gasteiger partial charge in [0.05, 0.1) is 28.8 Å². The Morgan fingerprint density at radius 1 is 0.943 bits per heavy atom. The second-order valence-electron chi connectivity index (χ2n) is 8.33. The zero-order chi connectivity index (χ0) is 24.4. The standard InChI is InChI=1S/C27H24N4O4/c1-35-26-9-5-3-7-22(26)25-18-23(21-6-2-4-8-24(21)28-25)27(32)30-16-14-29(15-17-30)19-10-12-20(13-11-19)31(33)34/h2-13,18H,14-17H2,1H3. The number of carbonyl (C=O) groups is 1. The molecule has 0 saturated carbocycles. The fourth-order valence-electron chi connectivity index (χ4n) is 4.47. The van der Waals surface area contributed by atoms with E-state index in [9.17, 15) is 14.9 Å². The van der Waals surface area contributed by atoms with Gasteiger partial charge in [-0.2, -0.15) is 0 Å². The van der Waals surface area contributed by atoms with E-state index >= 15 is 0 Å². The number of aromatic nitrogens is 1. The van der Waals surface area contributed by atoms with E-state index in [2.05, 4.69) is 4.90 Å². The van der Waals surface area contributed by atoms with E-state index in [1.165, 1.54) is 12.1 Å². The van der Waals surface area contributed by atoms with Crippen molar-refractivity contribution in [2.45, 2.75) is 0 Å². The Kier molecular flexibility index (Phi) is 6.01. The van der Waals surface area contributed by atoms with Crippen molar-refractivity contribution in [2.75, 3.05) is 38.2 Å². The number of ether oxygens (including phenoxy) is 1. The minimum Gasteiger partial charge on any atom is -0.496 e. The average molecular weight is 469 g/mol. The molecule has 1 fully saturated rings. The predicted molar refractivity (Wildman–Crippen MR) is 135 cm³/mol. The largest absolute Gasteiger partial charge is 0.496 e. The molecule has 1 aromatic heterocycles. The van der Waals surface area contributed by atoms with Gasteiger partial charge in [-0.3, -0.25) is 14.9 Å². The van der Waals surface area contributed by atoms with Crippen LogP contribution in [0.4, 0.5) is 11.4 Å². The Hall–Kier alpha value is -4.46. The number of piperazine rings is 1. The van der Waals surface area contributed by atoms with Crippen LogP contribution in [-0.4, -0.2) is 54.0 Å². The maximum absolute atomic E-state index is 13.7. The number of hydrogen-bond donors (Lipinski definition) is 0. The number of benzene rings is 3. The van der Waals surface area contributed by atoms with E-state index in [1.807, 2.05) is 59.5 Å². The first-order chi connectivity index (χ1) is 17.0. The van der Waals surface area contributed by atoms with Gasteiger partial charge in [-0.05, 0) is 36.4 Å². The van der Waals surface area contributed by atoms with Gasteiger partial charge in [-0.25, -0.2) is 4.98 Å². The molecule has 0 atom stereocenters. The molecule has 8 heteroatoms. The maximum Gasteiger partial charge on any atom is 0.269 e. The molecule has 0 N–H and O–H groups in total. The van der Waals surface area contributed by atoms with Crippen molar-refractivity contribution >= 4 is 28.2 Å². The molecule has 0 unspecified atom stereocenters. The quantitative estimate of drug-likeness (QED) is 0.309. The van der Waals surface area contributed by atoms with E-state index in [1.54, 1.807) is 19.2 Å². The zero-order valence-electron chi connectivity index (χ0n) is 19.3. The number of rotatable bonds is 5. The molecule has 2 heterocycles. The number of anilines is 1. The Balaban J connectivity index is 1.41. The summed E-state index contributed by atoms with van der Waals surface area (Å²) >= 11 is 0. The van der Waals surface area contributed by atoms with Crippen molar-refractivity contribution in [3.8, 4) is 17.0 Å². The molecule has 0 spiro atoms. The van der Waals surface area contributed by atoms with E-state index in [4.69, 9.17) is 9.72 Å². The van der Waals surface area contributed by atoms with Gasteiger partial charge in [0.1, 0.15) is 5.75 Å². The molecular weight excluding hydrogens is 444 g/mol. The van der Waals surface area contributed by atoms with Crippen LogP contribution in [0.25, 0.3) is 22.2 Å². The van der Waals surface area contributed by atoms with E-state index in [0.29, 0.717) is 43.2 Å². The molecule has 1 aliphatic rings. The summed E-state index contributed by atoms with van der Waals surface area (Å²) < 4.78 is 5.52. The first-order valence-corrected chi connectivity index (χ1v) is 11.4. The van der Waals surface area contributed by atoms with Gasteiger partial charge in [-0.15, -0.1) is 0 Å². The molecule has 3 aromatic carbocycles. The third kappa shape index (κ3) is 4.38. The van der Waals surface area contributed by atoms with Gasteiger partial charge < -0.3 is 14.5 Å². The smallest absolute Gasteiger partial charge is 0.269 e. The summed E-state index contributed by atoms with van der Waals surface area (Å²) in [6.07, 6.45) is 0. The van der Waals surface area contributed by atoms with Crippen LogP contribution < -0.4 is 9.64 Å². The molecule has 1 saturated heterocycles. The van der Waals surface area contributed by atoms with Crippen LogP contribution in [0.5, 0.6) is 5.75 Å². The number of non-ortho nitro benzene ring substituents is 1. The summed E-state index contributed by atoms with van der Waals surface area (Å²) in [5.41, 5.74) is 3.87. The van der Waals surface area contributed by atoms with Gasteiger partial charge in [0.15, 0.2) is 0 Å². The number of para-hydroxylation sites is 2. The van der Waals surface area contributed by atoms with Gasteiger partial charge >= 0.3 is 0 Å². The monoisotopic (exact) mass is 468 g/mol. The minimum absolute atomic E-state index is 0.0388. The number of nitro groups is 1.